The average Bonchev–Trinajstić information content (AvgIpc) is 3.41. The largest absolute Gasteiger partial charge is 0.455 e. The number of fused-ring (bicyclic) bond motifs is 4. The predicted molar refractivity (Wildman–Crippen MR) is 159 cm³/mol. The topological polar surface area (TPSA) is 17.0 Å². The van der Waals surface area contributed by atoms with E-state index in [-0.39, 0.29) is 11.0 Å². The third kappa shape index (κ3) is 4.51. The molecular formula is C34H30F4NOS+. The minimum Gasteiger partial charge on any atom is -0.455 e. The molecule has 0 aliphatic carbocycles. The third-order valence-corrected chi connectivity index (χ3v) is 9.36. The van der Waals surface area contributed by atoms with Gasteiger partial charge in [-0.25, -0.2) is 4.39 Å². The van der Waals surface area contributed by atoms with Crippen molar-refractivity contribution in [2.45, 2.75) is 47.2 Å². The van der Waals surface area contributed by atoms with Gasteiger partial charge in [-0.15, -0.1) is 11.3 Å². The number of halogens is 4. The lowest BCUT2D eigenvalue weighted by molar-refractivity contribution is -0.659. The number of furan rings is 1. The fourth-order valence-corrected chi connectivity index (χ4v) is 7.21. The lowest BCUT2D eigenvalue weighted by atomic mass is 9.95. The van der Waals surface area contributed by atoms with Crippen LogP contribution in [-0.2, 0) is 19.6 Å². The monoisotopic (exact) mass is 576 g/mol. The molecule has 0 spiro atoms. The summed E-state index contributed by atoms with van der Waals surface area (Å²) in [6.45, 7) is 10.5. The maximum Gasteiger partial charge on any atom is 0.419 e. The van der Waals surface area contributed by atoms with Gasteiger partial charge in [0.1, 0.15) is 28.7 Å². The Morgan fingerprint density at radius 3 is 2.27 bits per heavy atom. The Labute approximate surface area is 239 Å². The molecule has 0 saturated heterocycles. The Balaban J connectivity index is 1.62. The number of hydrogen-bond donors (Lipinski definition) is 0. The second-order valence-electron chi connectivity index (χ2n) is 11.4. The van der Waals surface area contributed by atoms with E-state index in [0.29, 0.717) is 16.9 Å². The maximum atomic E-state index is 14.5. The highest BCUT2D eigenvalue weighted by Crippen LogP contribution is 2.46. The lowest BCUT2D eigenvalue weighted by Crippen LogP contribution is -2.30. The van der Waals surface area contributed by atoms with Crippen molar-refractivity contribution in [1.29, 1.82) is 0 Å². The van der Waals surface area contributed by atoms with Gasteiger partial charge in [-0.05, 0) is 73.1 Å². The van der Waals surface area contributed by atoms with E-state index in [0.717, 1.165) is 56.6 Å². The molecule has 0 aliphatic heterocycles. The second-order valence-corrected chi connectivity index (χ2v) is 12.4. The summed E-state index contributed by atoms with van der Waals surface area (Å²) in [5, 5.41) is 1.90. The zero-order valence-corrected chi connectivity index (χ0v) is 24.6. The number of thiophene rings is 1. The van der Waals surface area contributed by atoms with E-state index in [4.69, 9.17) is 4.42 Å². The van der Waals surface area contributed by atoms with Gasteiger partial charge in [-0.1, -0.05) is 38.1 Å². The van der Waals surface area contributed by atoms with Gasteiger partial charge in [0.15, 0.2) is 6.20 Å². The van der Waals surface area contributed by atoms with Gasteiger partial charge < -0.3 is 4.42 Å². The average molecular weight is 577 g/mol. The van der Waals surface area contributed by atoms with Crippen LogP contribution in [0, 0.1) is 32.5 Å². The van der Waals surface area contributed by atoms with Gasteiger partial charge in [0.25, 0.3) is 0 Å². The number of nitrogens with zero attached hydrogens (tertiary/aromatic N) is 1. The van der Waals surface area contributed by atoms with E-state index in [1.54, 1.807) is 11.3 Å². The van der Waals surface area contributed by atoms with Crippen molar-refractivity contribution >= 4 is 43.4 Å². The molecule has 210 valence electrons. The van der Waals surface area contributed by atoms with Crippen LogP contribution in [0.25, 0.3) is 53.7 Å². The fourth-order valence-electron chi connectivity index (χ4n) is 5.81. The van der Waals surface area contributed by atoms with E-state index in [1.165, 1.54) is 16.0 Å². The minimum absolute atomic E-state index is 0.0936. The number of alkyl halides is 3. The zero-order chi connectivity index (χ0) is 29.4. The molecule has 0 N–H and O–H groups in total. The van der Waals surface area contributed by atoms with Gasteiger partial charge in [-0.3, -0.25) is 0 Å². The van der Waals surface area contributed by atoms with E-state index < -0.39 is 17.6 Å². The molecule has 0 aliphatic rings. The van der Waals surface area contributed by atoms with Gasteiger partial charge in [0.2, 0.25) is 5.69 Å². The summed E-state index contributed by atoms with van der Waals surface area (Å²) in [5.41, 5.74) is 6.48. The number of hydrogen-bond acceptors (Lipinski definition) is 2. The molecule has 0 amide bonds. The van der Waals surface area contributed by atoms with Crippen molar-refractivity contribution in [3.8, 4) is 21.7 Å². The first-order chi connectivity index (χ1) is 19.3. The number of pyridine rings is 1. The first-order valence-corrected chi connectivity index (χ1v) is 14.4. The van der Waals surface area contributed by atoms with Crippen molar-refractivity contribution in [2.24, 2.45) is 13.0 Å². The summed E-state index contributed by atoms with van der Waals surface area (Å²) in [4.78, 5) is 1.17. The van der Waals surface area contributed by atoms with E-state index in [2.05, 4.69) is 51.1 Å². The first-order valence-electron chi connectivity index (χ1n) is 13.6. The standard InChI is InChI=1S/C34H30F4NOS/c1-17(2)13-21-7-9-22(10-8-21)32-20(5)23-11-12-39(6)30(33(23)41-32)29-19(4)18(3)14-25-24-15-26(34(36,37)38)27(35)16-28(24)40-31(25)29/h7-12,14-17H,13H2,1-6H3/q+1. The second kappa shape index (κ2) is 9.69. The van der Waals surface area contributed by atoms with Crippen molar-refractivity contribution < 1.29 is 26.5 Å². The van der Waals surface area contributed by atoms with Crippen LogP contribution in [0.4, 0.5) is 17.6 Å². The van der Waals surface area contributed by atoms with Gasteiger partial charge in [0.05, 0.1) is 11.1 Å². The number of benzene rings is 3. The highest BCUT2D eigenvalue weighted by molar-refractivity contribution is 7.23. The normalized spacial score (nSPS) is 12.5. The summed E-state index contributed by atoms with van der Waals surface area (Å²) < 4.78 is 64.5. The van der Waals surface area contributed by atoms with Gasteiger partial charge in [0, 0.05) is 33.2 Å². The number of rotatable bonds is 4. The molecule has 3 heterocycles. The maximum absolute atomic E-state index is 14.5. The number of aromatic nitrogens is 1. The van der Waals surface area contributed by atoms with Crippen LogP contribution in [0.3, 0.4) is 0 Å². The molecule has 0 atom stereocenters. The SMILES string of the molecule is Cc1cc2c(oc3cc(F)c(C(F)(F)F)cc32)c(-c2c3sc(-c4ccc(CC(C)C)cc4)c(C)c3cc[n+]2C)c1C. The molecule has 0 saturated carbocycles. The molecule has 7 heteroatoms. The number of aryl methyl sites for hydroxylation is 3. The van der Waals surface area contributed by atoms with E-state index >= 15 is 0 Å². The van der Waals surface area contributed by atoms with Crippen LogP contribution in [0.2, 0.25) is 0 Å². The summed E-state index contributed by atoms with van der Waals surface area (Å²) in [6.07, 6.45) is -1.77. The summed E-state index contributed by atoms with van der Waals surface area (Å²) >= 11 is 1.70. The van der Waals surface area contributed by atoms with Crippen molar-refractivity contribution in [3.63, 3.8) is 0 Å². The third-order valence-electron chi connectivity index (χ3n) is 8.00. The minimum atomic E-state index is -4.81. The molecule has 3 aromatic heterocycles. The van der Waals surface area contributed by atoms with Crippen LogP contribution >= 0.6 is 11.3 Å². The van der Waals surface area contributed by atoms with Crippen LogP contribution in [0.15, 0.2) is 59.1 Å². The summed E-state index contributed by atoms with van der Waals surface area (Å²) in [6, 6.07) is 14.4. The molecule has 0 bridgehead atoms. The first kappa shape index (κ1) is 27.5. The molecule has 6 aromatic rings. The Kier molecular flexibility index (Phi) is 6.49. The molecular weight excluding hydrogens is 546 g/mol. The highest BCUT2D eigenvalue weighted by Gasteiger charge is 2.35. The molecule has 3 aromatic carbocycles. The van der Waals surface area contributed by atoms with Crippen molar-refractivity contribution in [1.82, 2.24) is 0 Å². The summed E-state index contributed by atoms with van der Waals surface area (Å²) in [7, 11) is 1.96. The molecule has 6 rings (SSSR count). The van der Waals surface area contributed by atoms with Crippen LogP contribution in [-0.4, -0.2) is 0 Å². The smallest absolute Gasteiger partial charge is 0.419 e. The Morgan fingerprint density at radius 2 is 1.61 bits per heavy atom. The van der Waals surface area contributed by atoms with Gasteiger partial charge in [-0.2, -0.15) is 17.7 Å². The summed E-state index contributed by atoms with van der Waals surface area (Å²) in [5.74, 6) is -0.761. The Morgan fingerprint density at radius 1 is 0.902 bits per heavy atom. The molecule has 0 fully saturated rings. The molecule has 2 nitrogen and oxygen atoms in total. The quantitative estimate of drug-likeness (QED) is 0.151. The zero-order valence-electron chi connectivity index (χ0n) is 23.8. The molecule has 41 heavy (non-hydrogen) atoms. The fraction of sp³-hybridized carbons (Fsp3) is 0.265. The van der Waals surface area contributed by atoms with Crippen molar-refractivity contribution in [2.75, 3.05) is 0 Å². The van der Waals surface area contributed by atoms with Crippen molar-refractivity contribution in [3.05, 3.63) is 88.4 Å². The van der Waals surface area contributed by atoms with Crippen LogP contribution in [0.5, 0.6) is 0 Å². The van der Waals surface area contributed by atoms with Crippen LogP contribution in [0.1, 0.15) is 41.7 Å². The van der Waals surface area contributed by atoms with E-state index in [1.807, 2.05) is 37.7 Å². The Hall–Kier alpha value is -3.71. The highest BCUT2D eigenvalue weighted by atomic mass is 32.1. The lowest BCUT2D eigenvalue weighted by Gasteiger charge is -2.10. The molecule has 0 radical (unpaired) electrons. The van der Waals surface area contributed by atoms with E-state index in [9.17, 15) is 17.6 Å². The predicted octanol–water partition coefficient (Wildman–Crippen LogP) is 10.2. The van der Waals surface area contributed by atoms with Crippen LogP contribution < -0.4 is 4.57 Å². The van der Waals surface area contributed by atoms with Gasteiger partial charge >= 0.3 is 6.18 Å². The Bertz CT molecular complexity index is 1980. The molecule has 0 unspecified atom stereocenters.